The maximum atomic E-state index is 12.1. The average Bonchev–Trinajstić information content (AvgIpc) is 3.18. The van der Waals surface area contributed by atoms with Gasteiger partial charge in [-0.15, -0.1) is 11.3 Å². The molecule has 0 aliphatic heterocycles. The van der Waals surface area contributed by atoms with Crippen molar-refractivity contribution < 1.29 is 27.7 Å². The molecule has 0 radical (unpaired) electrons. The largest absolute Gasteiger partial charge is 0.452 e. The van der Waals surface area contributed by atoms with Gasteiger partial charge in [0.2, 0.25) is 10.0 Å². The number of nitrogens with one attached hydrogen (secondary N) is 2. The minimum absolute atomic E-state index is 0.00234. The van der Waals surface area contributed by atoms with Gasteiger partial charge >= 0.3 is 5.97 Å². The van der Waals surface area contributed by atoms with Gasteiger partial charge in [0.05, 0.1) is 22.1 Å². The van der Waals surface area contributed by atoms with Gasteiger partial charge in [0.1, 0.15) is 4.21 Å². The number of esters is 1. The number of carbonyl (C=O) groups excluding carboxylic acids is 2. The van der Waals surface area contributed by atoms with E-state index >= 15 is 0 Å². The Bertz CT molecular complexity index is 1010. The molecule has 0 saturated heterocycles. The SMILES string of the molecule is CC(OC(=O)CCNS(=O)(=O)c1cccs1)C(=O)Nc1cc([N+](=O)[O-])ccc1Cl. The van der Waals surface area contributed by atoms with Crippen LogP contribution in [0, 0.1) is 10.1 Å². The van der Waals surface area contributed by atoms with E-state index in [0.29, 0.717) is 0 Å². The summed E-state index contributed by atoms with van der Waals surface area (Å²) in [6.07, 6.45) is -1.52. The van der Waals surface area contributed by atoms with Crippen molar-refractivity contribution in [2.75, 3.05) is 11.9 Å². The standard InChI is InChI=1S/C16H16ClN3O7S2/c1-10(16(22)19-13-9-11(20(23)24)4-5-12(13)17)27-14(21)6-7-18-29(25,26)15-3-2-8-28-15/h2-5,8-10,18H,6-7H2,1H3,(H,19,22). The predicted octanol–water partition coefficient (Wildman–Crippen LogP) is 2.55. The molecule has 0 bridgehead atoms. The molecule has 29 heavy (non-hydrogen) atoms. The molecule has 2 aromatic rings. The maximum Gasteiger partial charge on any atom is 0.307 e. The van der Waals surface area contributed by atoms with E-state index in [1.54, 1.807) is 11.4 Å². The van der Waals surface area contributed by atoms with Gasteiger partial charge in [-0.2, -0.15) is 0 Å². The van der Waals surface area contributed by atoms with Gasteiger partial charge in [0.25, 0.3) is 11.6 Å². The second-order valence-electron chi connectivity index (χ2n) is 5.62. The zero-order valence-corrected chi connectivity index (χ0v) is 17.3. The van der Waals surface area contributed by atoms with E-state index in [1.807, 2.05) is 0 Å². The van der Waals surface area contributed by atoms with E-state index in [-0.39, 0.29) is 33.6 Å². The molecule has 2 rings (SSSR count). The molecule has 1 heterocycles. The van der Waals surface area contributed by atoms with E-state index in [2.05, 4.69) is 10.0 Å². The van der Waals surface area contributed by atoms with Crippen molar-refractivity contribution in [3.8, 4) is 0 Å². The highest BCUT2D eigenvalue weighted by Crippen LogP contribution is 2.26. The number of anilines is 1. The van der Waals surface area contributed by atoms with Crippen LogP contribution in [-0.2, 0) is 24.3 Å². The molecular formula is C16H16ClN3O7S2. The normalized spacial score (nSPS) is 12.2. The zero-order chi connectivity index (χ0) is 21.6. The van der Waals surface area contributed by atoms with E-state index in [0.717, 1.165) is 17.4 Å². The van der Waals surface area contributed by atoms with Crippen LogP contribution in [0.1, 0.15) is 13.3 Å². The van der Waals surface area contributed by atoms with Gasteiger partial charge in [-0.3, -0.25) is 19.7 Å². The molecule has 10 nitrogen and oxygen atoms in total. The van der Waals surface area contributed by atoms with Crippen molar-refractivity contribution in [2.24, 2.45) is 0 Å². The fraction of sp³-hybridized carbons (Fsp3) is 0.250. The minimum Gasteiger partial charge on any atom is -0.452 e. The first-order chi connectivity index (χ1) is 13.6. The van der Waals surface area contributed by atoms with Crippen LogP contribution in [0.15, 0.2) is 39.9 Å². The number of rotatable bonds is 9. The predicted molar refractivity (Wildman–Crippen MR) is 106 cm³/mol. The second-order valence-corrected chi connectivity index (χ2v) is 8.97. The number of ether oxygens (including phenoxy) is 1. The highest BCUT2D eigenvalue weighted by Gasteiger charge is 2.21. The van der Waals surface area contributed by atoms with Crippen LogP contribution in [0.2, 0.25) is 5.02 Å². The van der Waals surface area contributed by atoms with Crippen molar-refractivity contribution in [1.29, 1.82) is 0 Å². The summed E-state index contributed by atoms with van der Waals surface area (Å²) in [5, 5.41) is 14.8. The highest BCUT2D eigenvalue weighted by atomic mass is 35.5. The van der Waals surface area contributed by atoms with Gasteiger partial charge in [-0.25, -0.2) is 13.1 Å². The van der Waals surface area contributed by atoms with Gasteiger partial charge in [-0.1, -0.05) is 17.7 Å². The maximum absolute atomic E-state index is 12.1. The smallest absolute Gasteiger partial charge is 0.307 e. The number of hydrogen-bond donors (Lipinski definition) is 2. The molecule has 156 valence electrons. The Kier molecular flexibility index (Phi) is 7.67. The fourth-order valence-corrected chi connectivity index (χ4v) is 4.28. The van der Waals surface area contributed by atoms with Gasteiger partial charge in [0.15, 0.2) is 6.10 Å². The van der Waals surface area contributed by atoms with Crippen LogP contribution in [0.4, 0.5) is 11.4 Å². The lowest BCUT2D eigenvalue weighted by atomic mass is 10.2. The van der Waals surface area contributed by atoms with Crippen LogP contribution in [0.5, 0.6) is 0 Å². The van der Waals surface area contributed by atoms with Gasteiger partial charge in [-0.05, 0) is 24.4 Å². The van der Waals surface area contributed by atoms with E-state index < -0.39 is 32.9 Å². The average molecular weight is 462 g/mol. The summed E-state index contributed by atoms with van der Waals surface area (Å²) >= 11 is 6.94. The number of carbonyl (C=O) groups is 2. The van der Waals surface area contributed by atoms with Crippen molar-refractivity contribution >= 4 is 56.2 Å². The van der Waals surface area contributed by atoms with Crippen LogP contribution < -0.4 is 10.0 Å². The topological polar surface area (TPSA) is 145 Å². The number of nitrogens with zero attached hydrogens (tertiary/aromatic N) is 1. The molecule has 13 heteroatoms. The molecule has 0 fully saturated rings. The molecular weight excluding hydrogens is 446 g/mol. The summed E-state index contributed by atoms with van der Waals surface area (Å²) in [4.78, 5) is 34.1. The van der Waals surface area contributed by atoms with Gasteiger partial charge < -0.3 is 10.1 Å². The number of nitro groups is 1. The molecule has 1 aromatic heterocycles. The Hall–Kier alpha value is -2.54. The molecule has 2 N–H and O–H groups in total. The third-order valence-electron chi connectivity index (χ3n) is 3.48. The van der Waals surface area contributed by atoms with Crippen LogP contribution >= 0.6 is 22.9 Å². The van der Waals surface area contributed by atoms with Crippen LogP contribution in [-0.4, -0.2) is 37.9 Å². The number of non-ortho nitro benzene ring substituents is 1. The first-order valence-electron chi connectivity index (χ1n) is 8.07. The first-order valence-corrected chi connectivity index (χ1v) is 10.8. The quantitative estimate of drug-likeness (QED) is 0.331. The number of nitro benzene ring substituents is 1. The second kappa shape index (κ2) is 9.78. The zero-order valence-electron chi connectivity index (χ0n) is 15.0. The van der Waals surface area contributed by atoms with Crippen molar-refractivity contribution in [3.63, 3.8) is 0 Å². The third kappa shape index (κ3) is 6.49. The molecule has 0 aliphatic rings. The molecule has 0 saturated carbocycles. The van der Waals surface area contributed by atoms with E-state index in [9.17, 15) is 28.1 Å². The summed E-state index contributed by atoms with van der Waals surface area (Å²) in [6, 6.07) is 6.52. The minimum atomic E-state index is -3.70. The number of halogens is 1. The lowest BCUT2D eigenvalue weighted by Crippen LogP contribution is -2.32. The summed E-state index contributed by atoms with van der Waals surface area (Å²) < 4.78 is 31.2. The van der Waals surface area contributed by atoms with Crippen LogP contribution in [0.3, 0.4) is 0 Å². The molecule has 0 aliphatic carbocycles. The summed E-state index contributed by atoms with van der Waals surface area (Å²) in [7, 11) is -3.70. The summed E-state index contributed by atoms with van der Waals surface area (Å²) in [5.74, 6) is -1.55. The Morgan fingerprint density at radius 2 is 2.07 bits per heavy atom. The molecule has 1 aromatic carbocycles. The first kappa shape index (κ1) is 22.7. The molecule has 1 amide bonds. The number of amides is 1. The number of benzene rings is 1. The monoisotopic (exact) mass is 461 g/mol. The third-order valence-corrected chi connectivity index (χ3v) is 6.67. The van der Waals surface area contributed by atoms with E-state index in [4.69, 9.17) is 16.3 Å². The molecule has 1 unspecified atom stereocenters. The van der Waals surface area contributed by atoms with Crippen molar-refractivity contribution in [3.05, 3.63) is 50.8 Å². The lowest BCUT2D eigenvalue weighted by molar-refractivity contribution is -0.384. The van der Waals surface area contributed by atoms with E-state index in [1.165, 1.54) is 25.1 Å². The molecule has 0 spiro atoms. The molecule has 1 atom stereocenters. The Morgan fingerprint density at radius 1 is 1.34 bits per heavy atom. The fourth-order valence-electron chi connectivity index (χ4n) is 2.04. The number of hydrogen-bond acceptors (Lipinski definition) is 8. The van der Waals surface area contributed by atoms with Crippen molar-refractivity contribution in [1.82, 2.24) is 4.72 Å². The Balaban J connectivity index is 1.85. The summed E-state index contributed by atoms with van der Waals surface area (Å²) in [5.41, 5.74) is -0.273. The Labute approximate surface area is 175 Å². The Morgan fingerprint density at radius 3 is 2.69 bits per heavy atom. The van der Waals surface area contributed by atoms with Gasteiger partial charge in [0, 0.05) is 18.7 Å². The number of sulfonamides is 1. The van der Waals surface area contributed by atoms with Crippen LogP contribution in [0.25, 0.3) is 0 Å². The van der Waals surface area contributed by atoms with Crippen molar-refractivity contribution in [2.45, 2.75) is 23.7 Å². The lowest BCUT2D eigenvalue weighted by Gasteiger charge is -2.14. The highest BCUT2D eigenvalue weighted by molar-refractivity contribution is 7.91. The number of thiophene rings is 1. The summed E-state index contributed by atoms with van der Waals surface area (Å²) in [6.45, 7) is 1.10.